The normalized spacial score (nSPS) is 12.8. The number of nitrogens with one attached hydrogen (secondary N) is 1. The summed E-state index contributed by atoms with van der Waals surface area (Å²) in [6.07, 6.45) is 4.18. The molecule has 0 aliphatic rings. The van der Waals surface area contributed by atoms with Gasteiger partial charge in [0.1, 0.15) is 5.60 Å². The molecule has 0 aliphatic carbocycles. The van der Waals surface area contributed by atoms with E-state index in [1.54, 1.807) is 12.4 Å². The summed E-state index contributed by atoms with van der Waals surface area (Å²) < 4.78 is 5.24. The van der Waals surface area contributed by atoms with Gasteiger partial charge in [-0.25, -0.2) is 4.79 Å². The molecule has 0 radical (unpaired) electrons. The average Bonchev–Trinajstić information content (AvgIpc) is 2.33. The van der Waals surface area contributed by atoms with E-state index in [1.807, 2.05) is 32.9 Å². The van der Waals surface area contributed by atoms with Crippen LogP contribution in [0.25, 0.3) is 0 Å². The smallest absolute Gasteiger partial charge is 0.408 e. The Morgan fingerprint density at radius 1 is 1.53 bits per heavy atom. The monoisotopic (exact) mass is 266 g/mol. The second-order valence-corrected chi connectivity index (χ2v) is 5.35. The van der Waals surface area contributed by atoms with Crippen LogP contribution in [0.4, 0.5) is 4.79 Å². The average molecular weight is 266 g/mol. The summed E-state index contributed by atoms with van der Waals surface area (Å²) in [6, 6.07) is 3.51. The highest BCUT2D eigenvalue weighted by Gasteiger charge is 2.20. The lowest BCUT2D eigenvalue weighted by atomic mass is 10.0. The number of carbonyl (C=O) groups is 1. The first-order valence-electron chi connectivity index (χ1n) is 6.42. The van der Waals surface area contributed by atoms with Crippen molar-refractivity contribution in [2.45, 2.75) is 45.3 Å². The zero-order valence-electron chi connectivity index (χ0n) is 11.7. The first-order chi connectivity index (χ1) is 8.92. The third-order valence-corrected chi connectivity index (χ3v) is 2.43. The Labute approximate surface area is 114 Å². The molecule has 5 heteroatoms. The molecule has 0 aromatic carbocycles. The van der Waals surface area contributed by atoms with Gasteiger partial charge >= 0.3 is 6.09 Å². The van der Waals surface area contributed by atoms with E-state index in [1.165, 1.54) is 0 Å². The zero-order chi connectivity index (χ0) is 14.3. The molecule has 106 valence electrons. The molecule has 0 aliphatic heterocycles. The van der Waals surface area contributed by atoms with Crippen molar-refractivity contribution < 1.29 is 14.6 Å². The molecule has 1 aromatic rings. The highest BCUT2D eigenvalue weighted by Crippen LogP contribution is 2.18. The summed E-state index contributed by atoms with van der Waals surface area (Å²) in [5.41, 5.74) is 0.377. The van der Waals surface area contributed by atoms with Gasteiger partial charge in [-0.15, -0.1) is 0 Å². The van der Waals surface area contributed by atoms with Gasteiger partial charge < -0.3 is 15.2 Å². The number of hydrogen-bond acceptors (Lipinski definition) is 4. The molecule has 0 saturated carbocycles. The molecular formula is C14H22N2O3. The van der Waals surface area contributed by atoms with Crippen LogP contribution < -0.4 is 5.32 Å². The molecule has 1 aromatic heterocycles. The number of carbonyl (C=O) groups excluding carboxylic acids is 1. The maximum Gasteiger partial charge on any atom is 0.408 e. The molecule has 0 spiro atoms. The number of aliphatic hydroxyl groups is 1. The number of pyridine rings is 1. The number of aromatic nitrogens is 1. The Morgan fingerprint density at radius 2 is 2.26 bits per heavy atom. The highest BCUT2D eigenvalue weighted by molar-refractivity contribution is 5.68. The number of amides is 1. The summed E-state index contributed by atoms with van der Waals surface area (Å²) in [4.78, 5) is 15.8. The highest BCUT2D eigenvalue weighted by atomic mass is 16.6. The second-order valence-electron chi connectivity index (χ2n) is 5.35. The summed E-state index contributed by atoms with van der Waals surface area (Å²) in [5.74, 6) is 0. The van der Waals surface area contributed by atoms with Gasteiger partial charge in [0, 0.05) is 19.0 Å². The second kappa shape index (κ2) is 7.09. The maximum atomic E-state index is 11.8. The fourth-order valence-electron chi connectivity index (χ4n) is 1.65. The fraction of sp³-hybridized carbons (Fsp3) is 0.571. The minimum Gasteiger partial charge on any atom is -0.444 e. The van der Waals surface area contributed by atoms with Gasteiger partial charge in [-0.3, -0.25) is 4.98 Å². The third kappa shape index (κ3) is 6.20. The molecule has 19 heavy (non-hydrogen) atoms. The van der Waals surface area contributed by atoms with Crippen LogP contribution in [-0.4, -0.2) is 28.4 Å². The standard InChI is InChI=1S/C14H22N2O3/c1-14(2,3)19-13(18)16-12(7-5-9-17)11-6-4-8-15-10-11/h4,6,8,10,12,17H,5,7,9H2,1-3H3,(H,16,18). The van der Waals surface area contributed by atoms with Gasteiger partial charge in [0.2, 0.25) is 0 Å². The molecule has 1 unspecified atom stereocenters. The minimum absolute atomic E-state index is 0.0900. The van der Waals surface area contributed by atoms with Crippen molar-refractivity contribution in [3.63, 3.8) is 0 Å². The van der Waals surface area contributed by atoms with Crippen molar-refractivity contribution in [1.29, 1.82) is 0 Å². The van der Waals surface area contributed by atoms with Gasteiger partial charge in [-0.2, -0.15) is 0 Å². The number of alkyl carbamates (subject to hydrolysis) is 1. The van der Waals surface area contributed by atoms with Crippen LogP contribution in [0.1, 0.15) is 45.2 Å². The third-order valence-electron chi connectivity index (χ3n) is 2.43. The van der Waals surface area contributed by atoms with Crippen LogP contribution in [0.5, 0.6) is 0 Å². The molecule has 1 heterocycles. The predicted molar refractivity (Wildman–Crippen MR) is 72.7 cm³/mol. The lowest BCUT2D eigenvalue weighted by Crippen LogP contribution is -2.35. The molecule has 1 amide bonds. The van der Waals surface area contributed by atoms with Gasteiger partial charge in [-0.1, -0.05) is 6.07 Å². The summed E-state index contributed by atoms with van der Waals surface area (Å²) in [5, 5.41) is 11.7. The number of nitrogens with zero attached hydrogens (tertiary/aromatic N) is 1. The van der Waals surface area contributed by atoms with Gasteiger partial charge in [0.05, 0.1) is 6.04 Å². The van der Waals surface area contributed by atoms with Crippen molar-refractivity contribution in [1.82, 2.24) is 10.3 Å². The van der Waals surface area contributed by atoms with E-state index >= 15 is 0 Å². The summed E-state index contributed by atoms with van der Waals surface area (Å²) in [7, 11) is 0. The SMILES string of the molecule is CC(C)(C)OC(=O)NC(CCCO)c1cccnc1. The summed E-state index contributed by atoms with van der Waals surface area (Å²) >= 11 is 0. The van der Waals surface area contributed by atoms with Crippen LogP contribution in [0.3, 0.4) is 0 Å². The molecule has 0 bridgehead atoms. The molecule has 0 saturated heterocycles. The first-order valence-corrected chi connectivity index (χ1v) is 6.42. The van der Waals surface area contributed by atoms with Crippen LogP contribution in [-0.2, 0) is 4.74 Å². The number of aliphatic hydroxyl groups excluding tert-OH is 1. The first kappa shape index (κ1) is 15.4. The van der Waals surface area contributed by atoms with E-state index in [9.17, 15) is 4.79 Å². The number of hydrogen-bond donors (Lipinski definition) is 2. The van der Waals surface area contributed by atoms with E-state index < -0.39 is 11.7 Å². The lowest BCUT2D eigenvalue weighted by molar-refractivity contribution is 0.0498. The molecule has 2 N–H and O–H groups in total. The quantitative estimate of drug-likeness (QED) is 0.858. The van der Waals surface area contributed by atoms with Crippen molar-refractivity contribution in [3.05, 3.63) is 30.1 Å². The van der Waals surface area contributed by atoms with E-state index in [0.29, 0.717) is 12.8 Å². The largest absolute Gasteiger partial charge is 0.444 e. The van der Waals surface area contributed by atoms with Crippen LogP contribution in [0.15, 0.2) is 24.5 Å². The van der Waals surface area contributed by atoms with E-state index in [0.717, 1.165) is 5.56 Å². The Hall–Kier alpha value is -1.62. The Balaban J connectivity index is 2.67. The Bertz CT molecular complexity index is 387. The molecule has 1 atom stereocenters. The van der Waals surface area contributed by atoms with Crippen molar-refractivity contribution >= 4 is 6.09 Å². The molecular weight excluding hydrogens is 244 g/mol. The van der Waals surface area contributed by atoms with Gasteiger partial charge in [0.25, 0.3) is 0 Å². The Morgan fingerprint density at radius 3 is 2.79 bits per heavy atom. The number of ether oxygens (including phenoxy) is 1. The molecule has 5 nitrogen and oxygen atoms in total. The predicted octanol–water partition coefficient (Wildman–Crippen LogP) is 2.42. The number of rotatable bonds is 5. The topological polar surface area (TPSA) is 71.5 Å². The maximum absolute atomic E-state index is 11.8. The molecule has 1 rings (SSSR count). The van der Waals surface area contributed by atoms with Crippen molar-refractivity contribution in [3.8, 4) is 0 Å². The Kier molecular flexibility index (Phi) is 5.76. The van der Waals surface area contributed by atoms with Gasteiger partial charge in [-0.05, 0) is 45.2 Å². The van der Waals surface area contributed by atoms with Crippen LogP contribution in [0, 0.1) is 0 Å². The lowest BCUT2D eigenvalue weighted by Gasteiger charge is -2.23. The van der Waals surface area contributed by atoms with Gasteiger partial charge in [0.15, 0.2) is 0 Å². The van der Waals surface area contributed by atoms with Crippen molar-refractivity contribution in [2.75, 3.05) is 6.61 Å². The van der Waals surface area contributed by atoms with E-state index in [-0.39, 0.29) is 12.6 Å². The van der Waals surface area contributed by atoms with E-state index in [4.69, 9.17) is 9.84 Å². The fourth-order valence-corrected chi connectivity index (χ4v) is 1.65. The minimum atomic E-state index is -0.527. The van der Waals surface area contributed by atoms with Crippen LogP contribution >= 0.6 is 0 Å². The van der Waals surface area contributed by atoms with E-state index in [2.05, 4.69) is 10.3 Å². The zero-order valence-corrected chi connectivity index (χ0v) is 11.7. The summed E-state index contributed by atoms with van der Waals surface area (Å²) in [6.45, 7) is 5.55. The van der Waals surface area contributed by atoms with Crippen LogP contribution in [0.2, 0.25) is 0 Å². The molecule has 0 fully saturated rings. The van der Waals surface area contributed by atoms with Crippen molar-refractivity contribution in [2.24, 2.45) is 0 Å².